The first kappa shape index (κ1) is 16.4. The van der Waals surface area contributed by atoms with E-state index in [1.165, 1.54) is 29.2 Å². The largest absolute Gasteiger partial charge is 0.507 e. The lowest BCUT2D eigenvalue weighted by Gasteiger charge is -2.04. The molecule has 1 aromatic heterocycles. The van der Waals surface area contributed by atoms with Crippen molar-refractivity contribution in [2.75, 3.05) is 0 Å². The molecule has 10 nitrogen and oxygen atoms in total. The minimum absolute atomic E-state index is 0.0161. The molecule has 0 aliphatic heterocycles. The van der Waals surface area contributed by atoms with Crippen LogP contribution in [0.3, 0.4) is 0 Å². The molecule has 0 fully saturated rings. The van der Waals surface area contributed by atoms with Gasteiger partial charge in [-0.05, 0) is 30.0 Å². The van der Waals surface area contributed by atoms with Gasteiger partial charge in [0.2, 0.25) is 6.33 Å². The summed E-state index contributed by atoms with van der Waals surface area (Å²) in [5, 5.41) is 27.9. The van der Waals surface area contributed by atoms with Crippen LogP contribution in [0.25, 0.3) is 0 Å². The zero-order valence-corrected chi connectivity index (χ0v) is 12.6. The number of nitrogens with one attached hydrogen (secondary N) is 1. The fourth-order valence-electron chi connectivity index (χ4n) is 1.62. The first-order valence-corrected chi connectivity index (χ1v) is 6.60. The van der Waals surface area contributed by atoms with Crippen molar-refractivity contribution in [2.45, 2.75) is 13.5 Å². The predicted molar refractivity (Wildman–Crippen MR) is 80.4 cm³/mol. The maximum atomic E-state index is 11.9. The smallest absolute Gasteiger partial charge is 0.490 e. The fraction of sp³-hybridized carbons (Fsp3) is 0.167. The lowest BCUT2D eigenvalue weighted by atomic mass is 10.2. The van der Waals surface area contributed by atoms with Gasteiger partial charge >= 0.3 is 5.95 Å². The number of aromatic nitrogens is 3. The Balaban J connectivity index is 2.00. The predicted octanol–water partition coefficient (Wildman–Crippen LogP) is 1.35. The number of hydrazone groups is 1. The van der Waals surface area contributed by atoms with Crippen LogP contribution >= 0.6 is 11.6 Å². The van der Waals surface area contributed by atoms with E-state index in [0.29, 0.717) is 10.7 Å². The van der Waals surface area contributed by atoms with Crippen LogP contribution in [0, 0.1) is 10.1 Å². The van der Waals surface area contributed by atoms with E-state index >= 15 is 0 Å². The summed E-state index contributed by atoms with van der Waals surface area (Å²) in [7, 11) is 0. The number of hydrogen-bond acceptors (Lipinski definition) is 7. The normalized spacial score (nSPS) is 11.3. The first-order chi connectivity index (χ1) is 10.9. The van der Waals surface area contributed by atoms with E-state index in [4.69, 9.17) is 11.6 Å². The molecule has 1 aromatic carbocycles. The number of benzene rings is 1. The fourth-order valence-corrected chi connectivity index (χ4v) is 1.78. The third kappa shape index (κ3) is 4.23. The number of carbonyl (C=O) groups excluding carboxylic acids is 1. The maximum Gasteiger partial charge on any atom is 0.490 e. The number of phenols is 1. The van der Waals surface area contributed by atoms with E-state index in [-0.39, 0.29) is 17.9 Å². The minimum Gasteiger partial charge on any atom is -0.507 e. The molecular weight excluding hydrogens is 328 g/mol. The Bertz CT molecular complexity index is 788. The van der Waals surface area contributed by atoms with Crippen LogP contribution < -0.4 is 5.43 Å². The molecule has 120 valence electrons. The summed E-state index contributed by atoms with van der Waals surface area (Å²) in [6.45, 7) is 1.70. The molecule has 0 spiro atoms. The van der Waals surface area contributed by atoms with Crippen molar-refractivity contribution in [1.82, 2.24) is 20.2 Å². The lowest BCUT2D eigenvalue weighted by molar-refractivity contribution is -0.394. The number of nitro groups is 1. The van der Waals surface area contributed by atoms with Gasteiger partial charge in [0.1, 0.15) is 5.75 Å². The molecule has 2 rings (SSSR count). The number of nitrogens with zero attached hydrogens (tertiary/aromatic N) is 5. The van der Waals surface area contributed by atoms with Crippen molar-refractivity contribution in [3.8, 4) is 5.75 Å². The van der Waals surface area contributed by atoms with E-state index in [2.05, 4.69) is 20.6 Å². The summed E-state index contributed by atoms with van der Waals surface area (Å²) in [5.74, 6) is -1.41. The van der Waals surface area contributed by atoms with E-state index in [9.17, 15) is 20.0 Å². The molecule has 0 saturated heterocycles. The Kier molecular flexibility index (Phi) is 4.86. The van der Waals surface area contributed by atoms with Gasteiger partial charge in [-0.25, -0.2) is 5.43 Å². The summed E-state index contributed by atoms with van der Waals surface area (Å²) in [6, 6.07) is 4.06. The molecule has 1 heterocycles. The third-order valence-electron chi connectivity index (χ3n) is 2.63. The highest BCUT2D eigenvalue weighted by atomic mass is 35.5. The SMILES string of the molecule is C/C(Cn1cnc([N+](=O)[O-])n1)=N\NC(=O)c1ccc(Cl)cc1O. The molecule has 0 aliphatic rings. The molecular formula is C12H11ClN6O4. The molecule has 11 heteroatoms. The van der Waals surface area contributed by atoms with Gasteiger partial charge in [-0.15, -0.1) is 0 Å². The van der Waals surface area contributed by atoms with Crippen LogP contribution in [0.4, 0.5) is 5.95 Å². The van der Waals surface area contributed by atoms with Crippen LogP contribution in [-0.2, 0) is 6.54 Å². The second-order valence-corrected chi connectivity index (χ2v) is 4.89. The molecule has 2 N–H and O–H groups in total. The number of amides is 1. The van der Waals surface area contributed by atoms with Crippen LogP contribution in [0.1, 0.15) is 17.3 Å². The highest BCUT2D eigenvalue weighted by molar-refractivity contribution is 6.30. The van der Waals surface area contributed by atoms with Gasteiger partial charge in [-0.2, -0.15) is 9.78 Å². The summed E-state index contributed by atoms with van der Waals surface area (Å²) in [4.78, 5) is 25.1. The molecule has 0 aliphatic carbocycles. The number of rotatable bonds is 5. The van der Waals surface area contributed by atoms with Gasteiger partial charge in [0.25, 0.3) is 5.91 Å². The Morgan fingerprint density at radius 3 is 2.91 bits per heavy atom. The third-order valence-corrected chi connectivity index (χ3v) is 2.87. The Hall–Kier alpha value is -3.01. The molecule has 0 atom stereocenters. The maximum absolute atomic E-state index is 11.9. The second kappa shape index (κ2) is 6.83. The van der Waals surface area contributed by atoms with E-state index in [1.807, 2.05) is 0 Å². The lowest BCUT2D eigenvalue weighted by Crippen LogP contribution is -2.20. The monoisotopic (exact) mass is 338 g/mol. The van der Waals surface area contributed by atoms with Crippen LogP contribution in [0.2, 0.25) is 5.02 Å². The first-order valence-electron chi connectivity index (χ1n) is 6.22. The standard InChI is InChI=1S/C12H11ClN6O4/c1-7(5-18-6-14-12(17-18)19(22)23)15-16-11(21)9-3-2-8(13)4-10(9)20/h2-4,6,20H,5H2,1H3,(H,16,21)/b15-7+. The van der Waals surface area contributed by atoms with Crippen LogP contribution in [0.15, 0.2) is 29.6 Å². The van der Waals surface area contributed by atoms with Gasteiger partial charge in [0.05, 0.1) is 17.8 Å². The van der Waals surface area contributed by atoms with Crippen molar-refractivity contribution < 1.29 is 14.8 Å². The summed E-state index contributed by atoms with van der Waals surface area (Å²) < 4.78 is 1.21. The van der Waals surface area contributed by atoms with Crippen molar-refractivity contribution in [2.24, 2.45) is 5.10 Å². The van der Waals surface area contributed by atoms with Gasteiger partial charge < -0.3 is 15.2 Å². The Morgan fingerprint density at radius 1 is 1.57 bits per heavy atom. The van der Waals surface area contributed by atoms with Crippen molar-refractivity contribution in [1.29, 1.82) is 0 Å². The number of halogens is 1. The number of hydrogen-bond donors (Lipinski definition) is 2. The average Bonchev–Trinajstić information content (AvgIpc) is 2.93. The average molecular weight is 339 g/mol. The molecule has 0 radical (unpaired) electrons. The number of aromatic hydroxyl groups is 1. The molecule has 0 unspecified atom stereocenters. The number of carbonyl (C=O) groups is 1. The molecule has 2 aromatic rings. The van der Waals surface area contributed by atoms with Gasteiger partial charge in [0, 0.05) is 10.1 Å². The highest BCUT2D eigenvalue weighted by Crippen LogP contribution is 2.21. The van der Waals surface area contributed by atoms with Gasteiger partial charge in [-0.1, -0.05) is 16.6 Å². The van der Waals surface area contributed by atoms with Crippen molar-refractivity contribution in [3.63, 3.8) is 0 Å². The molecule has 0 bridgehead atoms. The van der Waals surface area contributed by atoms with E-state index in [0.717, 1.165) is 0 Å². The summed E-state index contributed by atoms with van der Waals surface area (Å²) >= 11 is 5.68. The zero-order valence-electron chi connectivity index (χ0n) is 11.8. The Labute approximate surface area is 134 Å². The second-order valence-electron chi connectivity index (χ2n) is 4.45. The quantitative estimate of drug-likeness (QED) is 0.480. The topological polar surface area (TPSA) is 136 Å². The van der Waals surface area contributed by atoms with Crippen molar-refractivity contribution >= 4 is 29.2 Å². The van der Waals surface area contributed by atoms with Gasteiger partial charge in [-0.3, -0.25) is 4.79 Å². The van der Waals surface area contributed by atoms with E-state index < -0.39 is 16.8 Å². The molecule has 0 saturated carbocycles. The highest BCUT2D eigenvalue weighted by Gasteiger charge is 2.14. The molecule has 23 heavy (non-hydrogen) atoms. The summed E-state index contributed by atoms with van der Waals surface area (Å²) in [5.41, 5.74) is 2.70. The minimum atomic E-state index is -0.714. The van der Waals surface area contributed by atoms with Crippen molar-refractivity contribution in [3.05, 3.63) is 45.2 Å². The zero-order chi connectivity index (χ0) is 17.0. The van der Waals surface area contributed by atoms with Crippen LogP contribution in [-0.4, -0.2) is 36.4 Å². The molecule has 1 amide bonds. The van der Waals surface area contributed by atoms with Gasteiger partial charge in [0.15, 0.2) is 0 Å². The summed E-state index contributed by atoms with van der Waals surface area (Å²) in [6.07, 6.45) is 1.18. The van der Waals surface area contributed by atoms with Crippen LogP contribution in [0.5, 0.6) is 5.75 Å². The van der Waals surface area contributed by atoms with E-state index in [1.54, 1.807) is 6.92 Å². The number of phenolic OH excluding ortho intramolecular Hbond substituents is 1. The Morgan fingerprint density at radius 2 is 2.30 bits per heavy atom.